The minimum absolute atomic E-state index is 0.0100. The molecule has 150 valence electrons. The summed E-state index contributed by atoms with van der Waals surface area (Å²) in [7, 11) is 0. The average Bonchev–Trinajstić information content (AvgIpc) is 3.08. The van der Waals surface area contributed by atoms with Gasteiger partial charge in [0.15, 0.2) is 0 Å². The van der Waals surface area contributed by atoms with E-state index in [1.807, 2.05) is 30.3 Å². The van der Waals surface area contributed by atoms with Crippen molar-refractivity contribution in [3.8, 4) is 11.3 Å². The molecule has 0 saturated carbocycles. The van der Waals surface area contributed by atoms with Crippen LogP contribution in [-0.4, -0.2) is 29.5 Å². The van der Waals surface area contributed by atoms with E-state index in [1.165, 1.54) is 29.5 Å². The van der Waals surface area contributed by atoms with E-state index < -0.39 is 24.5 Å². The molecule has 1 heterocycles. The molecule has 0 aliphatic rings. The van der Waals surface area contributed by atoms with Gasteiger partial charge in [-0.1, -0.05) is 36.4 Å². The van der Waals surface area contributed by atoms with Gasteiger partial charge >= 0.3 is 6.18 Å². The molecule has 9 heteroatoms. The standard InChI is InChI=1S/C20H16F3N3O2S/c1-12-25-16(13-6-3-2-4-7-13)17(29-12)19(28)26-15-9-5-8-14(10-15)18(27)24-11-20(21,22)23/h2-10H,11H2,1H3,(H,24,27)(H,26,28). The third-order valence-electron chi connectivity index (χ3n) is 3.82. The van der Waals surface area contributed by atoms with Gasteiger partial charge in [0.2, 0.25) is 0 Å². The minimum Gasteiger partial charge on any atom is -0.343 e. The van der Waals surface area contributed by atoms with Gasteiger partial charge in [0, 0.05) is 16.8 Å². The van der Waals surface area contributed by atoms with Gasteiger partial charge in [0.1, 0.15) is 11.4 Å². The molecule has 2 N–H and O–H groups in total. The maximum atomic E-state index is 12.8. The third-order valence-corrected chi connectivity index (χ3v) is 4.79. The lowest BCUT2D eigenvalue weighted by molar-refractivity contribution is -0.123. The second-order valence-corrected chi connectivity index (χ2v) is 7.31. The van der Waals surface area contributed by atoms with Crippen LogP contribution in [0.4, 0.5) is 18.9 Å². The summed E-state index contributed by atoms with van der Waals surface area (Å²) in [5.41, 5.74) is 1.64. The molecule has 0 radical (unpaired) electrons. The molecule has 5 nitrogen and oxygen atoms in total. The second kappa shape index (κ2) is 8.44. The van der Waals surface area contributed by atoms with Gasteiger partial charge in [-0.25, -0.2) is 4.98 Å². The SMILES string of the molecule is Cc1nc(-c2ccccc2)c(C(=O)Nc2cccc(C(=O)NCC(F)(F)F)c2)s1. The van der Waals surface area contributed by atoms with E-state index in [0.717, 1.165) is 5.56 Å². The van der Waals surface area contributed by atoms with Crippen molar-refractivity contribution in [3.63, 3.8) is 0 Å². The van der Waals surface area contributed by atoms with Crippen LogP contribution in [0.5, 0.6) is 0 Å². The lowest BCUT2D eigenvalue weighted by Gasteiger charge is -2.10. The van der Waals surface area contributed by atoms with Crippen molar-refractivity contribution in [3.05, 3.63) is 70.0 Å². The van der Waals surface area contributed by atoms with E-state index in [-0.39, 0.29) is 5.56 Å². The Bertz CT molecular complexity index is 1030. The Labute approximate surface area is 168 Å². The summed E-state index contributed by atoms with van der Waals surface area (Å²) in [4.78, 5) is 29.5. The van der Waals surface area contributed by atoms with Crippen LogP contribution >= 0.6 is 11.3 Å². The van der Waals surface area contributed by atoms with Crippen molar-refractivity contribution < 1.29 is 22.8 Å². The molecule has 29 heavy (non-hydrogen) atoms. The van der Waals surface area contributed by atoms with E-state index in [2.05, 4.69) is 10.3 Å². The first-order chi connectivity index (χ1) is 13.7. The van der Waals surface area contributed by atoms with Crippen LogP contribution in [0, 0.1) is 6.92 Å². The number of hydrogen-bond acceptors (Lipinski definition) is 4. The number of aryl methyl sites for hydroxylation is 1. The number of rotatable bonds is 5. The zero-order valence-corrected chi connectivity index (χ0v) is 16.0. The molecule has 3 aromatic rings. The van der Waals surface area contributed by atoms with Crippen molar-refractivity contribution >= 4 is 28.8 Å². The predicted octanol–water partition coefficient (Wildman–Crippen LogP) is 4.66. The van der Waals surface area contributed by atoms with Gasteiger partial charge in [0.25, 0.3) is 11.8 Å². The van der Waals surface area contributed by atoms with Gasteiger partial charge in [0.05, 0.1) is 10.7 Å². The van der Waals surface area contributed by atoms with Crippen molar-refractivity contribution in [2.75, 3.05) is 11.9 Å². The Balaban J connectivity index is 1.78. The quantitative estimate of drug-likeness (QED) is 0.632. The van der Waals surface area contributed by atoms with E-state index in [0.29, 0.717) is 21.3 Å². The van der Waals surface area contributed by atoms with E-state index in [1.54, 1.807) is 18.3 Å². The van der Waals surface area contributed by atoms with Crippen molar-refractivity contribution in [1.82, 2.24) is 10.3 Å². The predicted molar refractivity (Wildman–Crippen MR) is 105 cm³/mol. The molecule has 0 unspecified atom stereocenters. The second-order valence-electron chi connectivity index (χ2n) is 6.11. The van der Waals surface area contributed by atoms with Gasteiger partial charge in [-0.05, 0) is 25.1 Å². The van der Waals surface area contributed by atoms with Crippen LogP contribution in [-0.2, 0) is 0 Å². The molecule has 1 aromatic heterocycles. The van der Waals surface area contributed by atoms with Gasteiger partial charge in [-0.3, -0.25) is 9.59 Å². The van der Waals surface area contributed by atoms with Gasteiger partial charge in [-0.2, -0.15) is 13.2 Å². The van der Waals surface area contributed by atoms with Crippen LogP contribution in [0.3, 0.4) is 0 Å². The maximum absolute atomic E-state index is 12.8. The van der Waals surface area contributed by atoms with Crippen LogP contribution in [0.25, 0.3) is 11.3 Å². The number of carbonyl (C=O) groups is 2. The number of thiazole rings is 1. The molecular formula is C20H16F3N3O2S. The molecule has 0 bridgehead atoms. The number of hydrogen-bond donors (Lipinski definition) is 2. The highest BCUT2D eigenvalue weighted by Crippen LogP contribution is 2.28. The summed E-state index contributed by atoms with van der Waals surface area (Å²) in [6.45, 7) is 0.364. The fourth-order valence-corrected chi connectivity index (χ4v) is 3.42. The van der Waals surface area contributed by atoms with Gasteiger partial charge < -0.3 is 10.6 Å². The number of aromatic nitrogens is 1. The Morgan fingerprint density at radius 2 is 1.76 bits per heavy atom. The molecular weight excluding hydrogens is 403 g/mol. The Hall–Kier alpha value is -3.20. The molecule has 2 amide bonds. The molecule has 0 aliphatic heterocycles. The fourth-order valence-electron chi connectivity index (χ4n) is 2.58. The third kappa shape index (κ3) is 5.41. The Kier molecular flexibility index (Phi) is 5.97. The molecule has 2 aromatic carbocycles. The number of nitrogens with one attached hydrogen (secondary N) is 2. The minimum atomic E-state index is -4.50. The lowest BCUT2D eigenvalue weighted by Crippen LogP contribution is -2.33. The highest BCUT2D eigenvalue weighted by atomic mass is 32.1. The number of benzene rings is 2. The van der Waals surface area contributed by atoms with E-state index in [9.17, 15) is 22.8 Å². The normalized spacial score (nSPS) is 11.2. The van der Waals surface area contributed by atoms with Crippen molar-refractivity contribution in [1.29, 1.82) is 0 Å². The topological polar surface area (TPSA) is 71.1 Å². The van der Waals surface area contributed by atoms with E-state index in [4.69, 9.17) is 0 Å². The first kappa shape index (κ1) is 20.5. The smallest absolute Gasteiger partial charge is 0.343 e. The molecule has 0 aliphatic carbocycles. The Morgan fingerprint density at radius 3 is 2.45 bits per heavy atom. The van der Waals surface area contributed by atoms with E-state index >= 15 is 0 Å². The number of alkyl halides is 3. The fraction of sp³-hybridized carbons (Fsp3) is 0.150. The van der Waals surface area contributed by atoms with Crippen molar-refractivity contribution in [2.45, 2.75) is 13.1 Å². The summed E-state index contributed by atoms with van der Waals surface area (Å²) >= 11 is 1.23. The summed E-state index contributed by atoms with van der Waals surface area (Å²) in [5.74, 6) is -1.29. The average molecular weight is 419 g/mol. The van der Waals surface area contributed by atoms with Crippen LogP contribution in [0.15, 0.2) is 54.6 Å². The highest BCUT2D eigenvalue weighted by Gasteiger charge is 2.28. The van der Waals surface area contributed by atoms with Gasteiger partial charge in [-0.15, -0.1) is 11.3 Å². The summed E-state index contributed by atoms with van der Waals surface area (Å²) < 4.78 is 36.8. The molecule has 0 atom stereocenters. The summed E-state index contributed by atoms with van der Waals surface area (Å²) in [6.07, 6.45) is -4.50. The molecule has 0 spiro atoms. The highest BCUT2D eigenvalue weighted by molar-refractivity contribution is 7.14. The molecule has 0 fully saturated rings. The maximum Gasteiger partial charge on any atom is 0.405 e. The molecule has 0 saturated heterocycles. The number of nitrogens with zero attached hydrogens (tertiary/aromatic N) is 1. The van der Waals surface area contributed by atoms with Crippen LogP contribution < -0.4 is 10.6 Å². The zero-order chi connectivity index (χ0) is 21.0. The first-order valence-electron chi connectivity index (χ1n) is 8.52. The van der Waals surface area contributed by atoms with Crippen LogP contribution in [0.2, 0.25) is 0 Å². The first-order valence-corrected chi connectivity index (χ1v) is 9.34. The number of anilines is 1. The summed E-state index contributed by atoms with van der Waals surface area (Å²) in [6, 6.07) is 14.9. The number of carbonyl (C=O) groups excluding carboxylic acids is 2. The number of amides is 2. The number of halogens is 3. The lowest BCUT2D eigenvalue weighted by atomic mass is 10.1. The largest absolute Gasteiger partial charge is 0.405 e. The summed E-state index contributed by atoms with van der Waals surface area (Å²) in [5, 5.41) is 5.20. The monoisotopic (exact) mass is 419 g/mol. The zero-order valence-electron chi connectivity index (χ0n) is 15.2. The van der Waals surface area contributed by atoms with Crippen molar-refractivity contribution in [2.24, 2.45) is 0 Å². The molecule has 3 rings (SSSR count). The van der Waals surface area contributed by atoms with Crippen LogP contribution in [0.1, 0.15) is 25.0 Å². The Morgan fingerprint density at radius 1 is 1.03 bits per heavy atom.